The number of carbonyl (C=O) groups is 1. The first-order chi connectivity index (χ1) is 15.0. The largest absolute Gasteiger partial charge is 0.492 e. The van der Waals surface area contributed by atoms with Gasteiger partial charge in [0.15, 0.2) is 0 Å². The van der Waals surface area contributed by atoms with E-state index in [9.17, 15) is 26.4 Å². The summed E-state index contributed by atoms with van der Waals surface area (Å²) in [7, 11) is -0.918. The molecule has 0 bridgehead atoms. The average Bonchev–Trinajstić information content (AvgIpc) is 2.73. The smallest absolute Gasteiger partial charge is 0.471 e. The Balaban J connectivity index is 2.19. The third-order valence-electron chi connectivity index (χ3n) is 4.15. The molecule has 174 valence electrons. The highest BCUT2D eigenvalue weighted by Gasteiger charge is 2.38. The van der Waals surface area contributed by atoms with Crippen molar-refractivity contribution >= 4 is 22.3 Å². The molecule has 11 heteroatoms. The summed E-state index contributed by atoms with van der Waals surface area (Å²) in [5.74, 6) is -1.97. The lowest BCUT2D eigenvalue weighted by molar-refractivity contribution is -0.173. The second-order valence-corrected chi connectivity index (χ2v) is 8.63. The molecule has 2 aromatic rings. The standard InChI is InChI=1S/C21H24F3N3O4S/c1-27(2)15-26-32(29,30)19-14-17(10-12-25-20(28)21(22,23)24)8-9-18(19)31-13-11-16-6-4-3-5-7-16/h3-9,14-15H,10-13H2,1-2H3,(H,25,28)/b26-15+. The van der Waals surface area contributed by atoms with Gasteiger partial charge in [0.05, 0.1) is 6.61 Å². The van der Waals surface area contributed by atoms with Gasteiger partial charge >= 0.3 is 12.1 Å². The van der Waals surface area contributed by atoms with Gasteiger partial charge in [-0.15, -0.1) is 4.40 Å². The zero-order valence-electron chi connectivity index (χ0n) is 17.6. The molecule has 0 spiro atoms. The SMILES string of the molecule is CN(C)/C=N/S(=O)(=O)c1cc(CCNC(=O)C(F)(F)F)ccc1OCCc1ccccc1. The van der Waals surface area contributed by atoms with E-state index in [2.05, 4.69) is 4.40 Å². The number of carbonyl (C=O) groups excluding carboxylic acids is 1. The van der Waals surface area contributed by atoms with Gasteiger partial charge in [-0.05, 0) is 29.7 Å². The fourth-order valence-electron chi connectivity index (χ4n) is 2.59. The highest BCUT2D eigenvalue weighted by molar-refractivity contribution is 7.90. The topological polar surface area (TPSA) is 88.1 Å². The number of amides is 1. The molecular formula is C21H24F3N3O4S. The van der Waals surface area contributed by atoms with Crippen LogP contribution in [0, 0.1) is 0 Å². The van der Waals surface area contributed by atoms with Crippen LogP contribution in [0.3, 0.4) is 0 Å². The lowest BCUT2D eigenvalue weighted by Crippen LogP contribution is -2.37. The minimum Gasteiger partial charge on any atom is -0.492 e. The number of hydrogen-bond donors (Lipinski definition) is 1. The number of sulfonamides is 1. The second-order valence-electron chi connectivity index (χ2n) is 7.03. The Labute approximate surface area is 185 Å². The molecule has 0 atom stereocenters. The van der Waals surface area contributed by atoms with Gasteiger partial charge in [0.1, 0.15) is 17.0 Å². The molecule has 0 aromatic heterocycles. The van der Waals surface area contributed by atoms with Crippen LogP contribution >= 0.6 is 0 Å². The molecule has 0 aliphatic rings. The van der Waals surface area contributed by atoms with Gasteiger partial charge in [0, 0.05) is 27.1 Å². The van der Waals surface area contributed by atoms with Crippen molar-refractivity contribution in [2.75, 3.05) is 27.2 Å². The minimum atomic E-state index is -4.98. The van der Waals surface area contributed by atoms with Gasteiger partial charge in [-0.3, -0.25) is 4.79 Å². The molecule has 0 heterocycles. The molecule has 1 amide bonds. The van der Waals surface area contributed by atoms with Crippen LogP contribution in [-0.4, -0.2) is 59.0 Å². The van der Waals surface area contributed by atoms with E-state index in [4.69, 9.17) is 4.74 Å². The summed E-state index contributed by atoms with van der Waals surface area (Å²) < 4.78 is 71.7. The van der Waals surface area contributed by atoms with Crippen molar-refractivity contribution < 1.29 is 31.1 Å². The van der Waals surface area contributed by atoms with Crippen molar-refractivity contribution in [2.45, 2.75) is 23.9 Å². The van der Waals surface area contributed by atoms with Crippen molar-refractivity contribution in [1.82, 2.24) is 10.2 Å². The van der Waals surface area contributed by atoms with E-state index < -0.39 is 22.1 Å². The summed E-state index contributed by atoms with van der Waals surface area (Å²) in [5, 5.41) is 1.76. The normalized spacial score (nSPS) is 12.0. The number of halogens is 3. The molecule has 1 N–H and O–H groups in total. The van der Waals surface area contributed by atoms with E-state index in [0.717, 1.165) is 11.9 Å². The highest BCUT2D eigenvalue weighted by Crippen LogP contribution is 2.27. The molecule has 7 nitrogen and oxygen atoms in total. The maximum atomic E-state index is 12.7. The Morgan fingerprint density at radius 1 is 1.09 bits per heavy atom. The summed E-state index contributed by atoms with van der Waals surface area (Å²) in [5.41, 5.74) is 1.42. The van der Waals surface area contributed by atoms with Crippen LogP contribution in [0.4, 0.5) is 13.2 Å². The van der Waals surface area contributed by atoms with Crippen molar-refractivity contribution in [2.24, 2.45) is 4.40 Å². The lowest BCUT2D eigenvalue weighted by atomic mass is 10.1. The Morgan fingerprint density at radius 2 is 1.78 bits per heavy atom. The molecule has 0 aliphatic heterocycles. The first-order valence-corrected chi connectivity index (χ1v) is 11.0. The third kappa shape index (κ3) is 7.88. The molecule has 0 unspecified atom stereocenters. The molecule has 0 radical (unpaired) electrons. The first-order valence-electron chi connectivity index (χ1n) is 9.60. The molecule has 2 rings (SSSR count). The number of ether oxygens (including phenoxy) is 1. The molecule has 2 aromatic carbocycles. The van der Waals surface area contributed by atoms with E-state index >= 15 is 0 Å². The van der Waals surface area contributed by atoms with Crippen LogP contribution in [0.1, 0.15) is 11.1 Å². The highest BCUT2D eigenvalue weighted by atomic mass is 32.2. The molecule has 0 saturated heterocycles. The zero-order valence-corrected chi connectivity index (χ0v) is 18.4. The number of benzene rings is 2. The van der Waals surface area contributed by atoms with Gasteiger partial charge in [-0.2, -0.15) is 21.6 Å². The monoisotopic (exact) mass is 471 g/mol. The molecule has 32 heavy (non-hydrogen) atoms. The van der Waals surface area contributed by atoms with Crippen molar-refractivity contribution in [3.05, 3.63) is 59.7 Å². The minimum absolute atomic E-state index is 0.00791. The maximum absolute atomic E-state index is 12.7. The number of alkyl halides is 3. The summed E-state index contributed by atoms with van der Waals surface area (Å²) in [4.78, 5) is 12.2. The van der Waals surface area contributed by atoms with Crippen molar-refractivity contribution in [1.29, 1.82) is 0 Å². The Kier molecular flexibility index (Phi) is 8.64. The first kappa shape index (κ1) is 25.2. The van der Waals surface area contributed by atoms with Crippen LogP contribution in [0.2, 0.25) is 0 Å². The molecular weight excluding hydrogens is 447 g/mol. The zero-order chi connectivity index (χ0) is 23.8. The Bertz CT molecular complexity index is 1040. The molecule has 0 fully saturated rings. The second kappa shape index (κ2) is 11.0. The summed E-state index contributed by atoms with van der Waals surface area (Å²) in [6, 6.07) is 13.7. The summed E-state index contributed by atoms with van der Waals surface area (Å²) >= 11 is 0. The number of rotatable bonds is 10. The van der Waals surface area contributed by atoms with Crippen molar-refractivity contribution in [3.63, 3.8) is 0 Å². The van der Waals surface area contributed by atoms with Crippen LogP contribution in [0.15, 0.2) is 57.8 Å². The van der Waals surface area contributed by atoms with Crippen molar-refractivity contribution in [3.8, 4) is 5.75 Å². The fraction of sp³-hybridized carbons (Fsp3) is 0.333. The van der Waals surface area contributed by atoms with Crippen LogP contribution in [0.25, 0.3) is 0 Å². The predicted octanol–water partition coefficient (Wildman–Crippen LogP) is 2.81. The average molecular weight is 472 g/mol. The van der Waals surface area contributed by atoms with E-state index in [-0.39, 0.29) is 30.2 Å². The van der Waals surface area contributed by atoms with E-state index in [1.807, 2.05) is 30.3 Å². The Morgan fingerprint density at radius 3 is 2.41 bits per heavy atom. The van der Waals surface area contributed by atoms with Crippen LogP contribution < -0.4 is 10.1 Å². The van der Waals surface area contributed by atoms with Gasteiger partial charge in [0.25, 0.3) is 10.0 Å². The van der Waals surface area contributed by atoms with Gasteiger partial charge in [0.2, 0.25) is 0 Å². The number of nitrogens with one attached hydrogen (secondary N) is 1. The quantitative estimate of drug-likeness (QED) is 0.425. The van der Waals surface area contributed by atoms with E-state index in [1.165, 1.54) is 23.1 Å². The molecule has 0 saturated carbocycles. The lowest BCUT2D eigenvalue weighted by Gasteiger charge is -2.13. The predicted molar refractivity (Wildman–Crippen MR) is 114 cm³/mol. The third-order valence-corrected chi connectivity index (χ3v) is 5.40. The van der Waals surface area contributed by atoms with Gasteiger partial charge < -0.3 is 15.0 Å². The fourth-order valence-corrected chi connectivity index (χ4v) is 3.69. The summed E-state index contributed by atoms with van der Waals surface area (Å²) in [6.45, 7) is -0.0993. The number of hydrogen-bond acceptors (Lipinski definition) is 4. The molecule has 0 aliphatic carbocycles. The van der Waals surface area contributed by atoms with Crippen LogP contribution in [-0.2, 0) is 27.7 Å². The van der Waals surface area contributed by atoms with E-state index in [1.54, 1.807) is 19.4 Å². The van der Waals surface area contributed by atoms with Gasteiger partial charge in [-0.1, -0.05) is 36.4 Å². The van der Waals surface area contributed by atoms with Crippen LogP contribution in [0.5, 0.6) is 5.75 Å². The maximum Gasteiger partial charge on any atom is 0.471 e. The summed E-state index contributed by atoms with van der Waals surface area (Å²) in [6.07, 6.45) is -3.32. The van der Waals surface area contributed by atoms with E-state index in [0.29, 0.717) is 12.0 Å². The van der Waals surface area contributed by atoms with Gasteiger partial charge in [-0.25, -0.2) is 0 Å². The number of nitrogens with zero attached hydrogens (tertiary/aromatic N) is 2. The Hall–Kier alpha value is -3.08.